The Morgan fingerprint density at radius 2 is 1.75 bits per heavy atom. The number of carbonyl (C=O) groups is 2. The fourth-order valence-corrected chi connectivity index (χ4v) is 6.08. The van der Waals surface area contributed by atoms with E-state index in [1.54, 1.807) is 12.0 Å². The Labute approximate surface area is 265 Å². The number of ether oxygens (including phenoxy) is 2. The molecule has 1 aliphatic rings. The Hall–Kier alpha value is -3.79. The van der Waals surface area contributed by atoms with Gasteiger partial charge in [0.15, 0.2) is 0 Å². The van der Waals surface area contributed by atoms with E-state index in [1.165, 1.54) is 11.9 Å². The standard InChI is InChI=1S/C34H45N5O4S/c1-22(2)18-26-21-38(33(41)43-34(5,6)7)16-11-17-39(26)31(40)25-14-10-15-27(19-25)44-37-32-35-28(20-29(36-32)42-8)30-23(3)12-9-13-24(30)4/h9-10,12-15,19-20,22,26H,11,16-18,21H2,1-8H3,(H,35,36,37). The van der Waals surface area contributed by atoms with Crippen LogP contribution < -0.4 is 9.46 Å². The number of aryl methyl sites for hydroxylation is 2. The molecule has 1 aliphatic heterocycles. The van der Waals surface area contributed by atoms with E-state index in [4.69, 9.17) is 14.5 Å². The van der Waals surface area contributed by atoms with Gasteiger partial charge in [-0.1, -0.05) is 38.1 Å². The maximum absolute atomic E-state index is 13.9. The summed E-state index contributed by atoms with van der Waals surface area (Å²) in [5, 5.41) is 0. The average molecular weight is 620 g/mol. The van der Waals surface area contributed by atoms with Gasteiger partial charge in [0, 0.05) is 47.8 Å². The zero-order valence-electron chi connectivity index (χ0n) is 27.1. The minimum atomic E-state index is -0.574. The highest BCUT2D eigenvalue weighted by atomic mass is 32.2. The van der Waals surface area contributed by atoms with E-state index in [-0.39, 0.29) is 18.0 Å². The first-order valence-corrected chi connectivity index (χ1v) is 16.0. The van der Waals surface area contributed by atoms with Crippen molar-refractivity contribution >= 4 is 29.9 Å². The molecule has 1 saturated heterocycles. The molecular formula is C34H45N5O4S. The number of hydrogen-bond donors (Lipinski definition) is 1. The number of nitrogens with zero attached hydrogens (tertiary/aromatic N) is 4. The molecule has 1 unspecified atom stereocenters. The molecule has 9 nitrogen and oxygen atoms in total. The van der Waals surface area contributed by atoms with Gasteiger partial charge < -0.3 is 19.3 Å². The van der Waals surface area contributed by atoms with Crippen molar-refractivity contribution < 1.29 is 19.1 Å². The predicted molar refractivity (Wildman–Crippen MR) is 176 cm³/mol. The summed E-state index contributed by atoms with van der Waals surface area (Å²) in [6, 6.07) is 15.4. The summed E-state index contributed by atoms with van der Waals surface area (Å²) in [5.74, 6) is 1.19. The van der Waals surface area contributed by atoms with Gasteiger partial charge in [0.2, 0.25) is 11.8 Å². The van der Waals surface area contributed by atoms with E-state index >= 15 is 0 Å². The summed E-state index contributed by atoms with van der Waals surface area (Å²) in [5.41, 5.74) is 4.09. The Bertz CT molecular complexity index is 1450. The molecule has 2 aromatic carbocycles. The fraction of sp³-hybridized carbons (Fsp3) is 0.471. The Morgan fingerprint density at radius 1 is 1.05 bits per heavy atom. The summed E-state index contributed by atoms with van der Waals surface area (Å²) < 4.78 is 14.4. The van der Waals surface area contributed by atoms with Crippen LogP contribution in [0.1, 0.15) is 68.9 Å². The van der Waals surface area contributed by atoms with Crippen LogP contribution in [0.15, 0.2) is 53.4 Å². The lowest BCUT2D eigenvalue weighted by Gasteiger charge is -2.33. The van der Waals surface area contributed by atoms with Crippen LogP contribution in [0, 0.1) is 19.8 Å². The van der Waals surface area contributed by atoms with Crippen molar-refractivity contribution in [3.63, 3.8) is 0 Å². The van der Waals surface area contributed by atoms with E-state index in [0.717, 1.165) is 33.7 Å². The van der Waals surface area contributed by atoms with Gasteiger partial charge in [-0.3, -0.25) is 9.52 Å². The number of nitrogens with one attached hydrogen (secondary N) is 1. The van der Waals surface area contributed by atoms with Gasteiger partial charge in [-0.05, 0) is 94.7 Å². The SMILES string of the molecule is COc1cc(-c2c(C)cccc2C)nc(NSc2cccc(C(=O)N3CCCN(C(=O)OC(C)(C)C)CC3CC(C)C)c2)n1. The lowest BCUT2D eigenvalue weighted by molar-refractivity contribution is 0.0219. The molecule has 1 atom stereocenters. The molecule has 236 valence electrons. The van der Waals surface area contributed by atoms with Crippen LogP contribution >= 0.6 is 11.9 Å². The fourth-order valence-electron chi connectivity index (χ4n) is 5.45. The maximum Gasteiger partial charge on any atom is 0.410 e. The van der Waals surface area contributed by atoms with Crippen molar-refractivity contribution in [2.75, 3.05) is 31.5 Å². The number of hydrogen-bond acceptors (Lipinski definition) is 8. The van der Waals surface area contributed by atoms with E-state index in [0.29, 0.717) is 49.4 Å². The van der Waals surface area contributed by atoms with Crippen LogP contribution in [0.2, 0.25) is 0 Å². The van der Waals surface area contributed by atoms with Crippen molar-refractivity contribution in [2.24, 2.45) is 5.92 Å². The van der Waals surface area contributed by atoms with Crippen molar-refractivity contribution in [3.8, 4) is 17.1 Å². The Balaban J connectivity index is 1.52. The normalized spacial score (nSPS) is 15.6. The van der Waals surface area contributed by atoms with Gasteiger partial charge >= 0.3 is 6.09 Å². The van der Waals surface area contributed by atoms with Crippen molar-refractivity contribution in [2.45, 2.75) is 77.8 Å². The minimum Gasteiger partial charge on any atom is -0.481 e. The molecule has 0 aliphatic carbocycles. The molecule has 0 radical (unpaired) electrons. The molecule has 2 heterocycles. The maximum atomic E-state index is 13.9. The van der Waals surface area contributed by atoms with Crippen molar-refractivity contribution in [3.05, 3.63) is 65.2 Å². The molecule has 1 aromatic heterocycles. The van der Waals surface area contributed by atoms with Gasteiger partial charge in [-0.15, -0.1) is 0 Å². The number of benzene rings is 2. The van der Waals surface area contributed by atoms with Crippen LogP contribution in [0.5, 0.6) is 5.88 Å². The quantitative estimate of drug-likeness (QED) is 0.261. The molecule has 0 bridgehead atoms. The highest BCUT2D eigenvalue weighted by Crippen LogP contribution is 2.30. The smallest absolute Gasteiger partial charge is 0.410 e. The molecule has 3 aromatic rings. The number of aromatic nitrogens is 2. The van der Waals surface area contributed by atoms with Gasteiger partial charge in [0.25, 0.3) is 5.91 Å². The third kappa shape index (κ3) is 8.65. The minimum absolute atomic E-state index is 0.0425. The van der Waals surface area contributed by atoms with Crippen LogP contribution in [0.3, 0.4) is 0 Å². The van der Waals surface area contributed by atoms with Gasteiger partial charge in [0.1, 0.15) is 5.60 Å². The number of amides is 2. The van der Waals surface area contributed by atoms with E-state index in [9.17, 15) is 9.59 Å². The lowest BCUT2D eigenvalue weighted by atomic mass is 10.00. The van der Waals surface area contributed by atoms with Crippen molar-refractivity contribution in [1.29, 1.82) is 0 Å². The highest BCUT2D eigenvalue weighted by molar-refractivity contribution is 8.00. The first-order chi connectivity index (χ1) is 20.8. The molecule has 0 spiro atoms. The summed E-state index contributed by atoms with van der Waals surface area (Å²) >= 11 is 1.34. The first kappa shape index (κ1) is 33.1. The third-order valence-electron chi connectivity index (χ3n) is 7.35. The predicted octanol–water partition coefficient (Wildman–Crippen LogP) is 7.39. The topological polar surface area (TPSA) is 96.9 Å². The van der Waals surface area contributed by atoms with Gasteiger partial charge in [0.05, 0.1) is 12.8 Å². The Kier molecular flexibility index (Phi) is 10.8. The molecule has 10 heteroatoms. The summed E-state index contributed by atoms with van der Waals surface area (Å²) in [6.07, 6.45) is 1.15. The number of rotatable bonds is 8. The monoisotopic (exact) mass is 619 g/mol. The van der Waals surface area contributed by atoms with Gasteiger partial charge in [-0.2, -0.15) is 4.98 Å². The summed E-state index contributed by atoms with van der Waals surface area (Å²) in [4.78, 5) is 40.7. The second-order valence-electron chi connectivity index (χ2n) is 12.7. The molecule has 1 N–H and O–H groups in total. The van der Waals surface area contributed by atoms with Crippen molar-refractivity contribution in [1.82, 2.24) is 19.8 Å². The number of anilines is 1. The second-order valence-corrected chi connectivity index (χ2v) is 13.6. The zero-order valence-corrected chi connectivity index (χ0v) is 28.0. The van der Waals surface area contributed by atoms with Crippen LogP contribution in [0.25, 0.3) is 11.3 Å². The molecule has 1 fully saturated rings. The molecular weight excluding hydrogens is 574 g/mol. The first-order valence-electron chi connectivity index (χ1n) is 15.2. The van der Waals surface area contributed by atoms with E-state index in [1.807, 2.05) is 62.1 Å². The van der Waals surface area contributed by atoms with Crippen LogP contribution in [-0.4, -0.2) is 70.2 Å². The molecule has 4 rings (SSSR count). The molecule has 2 amide bonds. The molecule has 0 saturated carbocycles. The average Bonchev–Trinajstić information content (AvgIpc) is 3.17. The lowest BCUT2D eigenvalue weighted by Crippen LogP contribution is -2.47. The summed E-state index contributed by atoms with van der Waals surface area (Å²) in [7, 11) is 1.59. The molecule has 44 heavy (non-hydrogen) atoms. The zero-order chi connectivity index (χ0) is 32.0. The van der Waals surface area contributed by atoms with E-state index < -0.39 is 5.60 Å². The second kappa shape index (κ2) is 14.3. The highest BCUT2D eigenvalue weighted by Gasteiger charge is 2.33. The summed E-state index contributed by atoms with van der Waals surface area (Å²) in [6.45, 7) is 15.6. The number of carbonyl (C=O) groups excluding carboxylic acids is 2. The van der Waals surface area contributed by atoms with Crippen LogP contribution in [-0.2, 0) is 4.74 Å². The number of methoxy groups -OCH3 is 1. The largest absolute Gasteiger partial charge is 0.481 e. The third-order valence-corrected chi connectivity index (χ3v) is 8.12. The van der Waals surface area contributed by atoms with Gasteiger partial charge in [-0.25, -0.2) is 9.78 Å². The van der Waals surface area contributed by atoms with Crippen LogP contribution in [0.4, 0.5) is 10.7 Å². The van der Waals surface area contributed by atoms with E-state index in [2.05, 4.69) is 49.5 Å². The Morgan fingerprint density at radius 3 is 2.41 bits per heavy atom.